The minimum absolute atomic E-state index is 0.0152. The van der Waals surface area contributed by atoms with Gasteiger partial charge in [-0.15, -0.1) is 11.3 Å². The predicted octanol–water partition coefficient (Wildman–Crippen LogP) is 4.16. The molecule has 1 aromatic heterocycles. The number of halogens is 3. The molecule has 4 fully saturated rings. The van der Waals surface area contributed by atoms with Gasteiger partial charge in [-0.1, -0.05) is 25.0 Å². The minimum Gasteiger partial charge on any atom is -0.497 e. The number of nitrogens with one attached hydrogen (secondary N) is 3. The van der Waals surface area contributed by atoms with Crippen molar-refractivity contribution in [1.29, 1.82) is 0 Å². The van der Waals surface area contributed by atoms with Crippen molar-refractivity contribution in [2.45, 2.75) is 99.9 Å². The number of benzene rings is 1. The Morgan fingerprint density at radius 3 is 2.42 bits per heavy atom. The maximum absolute atomic E-state index is 14.6. The van der Waals surface area contributed by atoms with Crippen molar-refractivity contribution in [2.75, 3.05) is 26.7 Å². The minimum atomic E-state index is -4.90. The molecule has 0 unspecified atom stereocenters. The summed E-state index contributed by atoms with van der Waals surface area (Å²) in [4.78, 5) is 77.2. The Balaban J connectivity index is 1.16. The van der Waals surface area contributed by atoms with Crippen LogP contribution in [0.25, 0.3) is 11.3 Å². The highest BCUT2D eigenvalue weighted by atomic mass is 32.2. The van der Waals surface area contributed by atoms with E-state index in [1.54, 1.807) is 35.6 Å². The number of aromatic nitrogens is 1. The zero-order chi connectivity index (χ0) is 42.5. The lowest BCUT2D eigenvalue weighted by Crippen LogP contribution is -2.60. The van der Waals surface area contributed by atoms with Gasteiger partial charge in [0.2, 0.25) is 27.4 Å². The topological polar surface area (TPSA) is 193 Å². The number of fused-ring (bicyclic) bond motifs is 4. The summed E-state index contributed by atoms with van der Waals surface area (Å²) in [5.74, 6) is -3.78. The SMILES string of the molecule is COc1ccc(-c2csc(C(=O)N3C[C@H]4CN5C(=O)[C@@H](NC(=O)OC(C)(C)C(F)(F)F)CCCCC/C=C\[C@@H]6C[C@]6(C(=O)NS(=O)(=O)C6CC6)NC(=O)[C@@H]5[C@H]4C3)n2)cc1. The highest BCUT2D eigenvalue weighted by Crippen LogP contribution is 2.47. The summed E-state index contributed by atoms with van der Waals surface area (Å²) in [7, 11) is -2.44. The van der Waals surface area contributed by atoms with E-state index in [4.69, 9.17) is 9.47 Å². The molecule has 2 saturated heterocycles. The van der Waals surface area contributed by atoms with Crippen LogP contribution in [0.1, 0.15) is 75.0 Å². The van der Waals surface area contributed by atoms with Crippen molar-refractivity contribution in [3.8, 4) is 17.0 Å². The normalized spacial score (nSPS) is 28.2. The first kappa shape index (κ1) is 42.4. The van der Waals surface area contributed by atoms with E-state index in [0.717, 1.165) is 16.9 Å². The number of methoxy groups -OCH3 is 1. The third-order valence-electron chi connectivity index (χ3n) is 11.9. The Morgan fingerprint density at radius 1 is 1.02 bits per heavy atom. The number of hydrogen-bond donors (Lipinski definition) is 3. The van der Waals surface area contributed by atoms with Crippen molar-refractivity contribution in [1.82, 2.24) is 30.1 Å². The lowest BCUT2D eigenvalue weighted by molar-refractivity contribution is -0.244. The van der Waals surface area contributed by atoms with Gasteiger partial charge in [-0.2, -0.15) is 13.2 Å². The predicted molar refractivity (Wildman–Crippen MR) is 207 cm³/mol. The fourth-order valence-corrected chi connectivity index (χ4v) is 10.3. The third kappa shape index (κ3) is 8.79. The molecule has 2 aromatic rings. The first-order chi connectivity index (χ1) is 27.8. The molecule has 20 heteroatoms. The average molecular weight is 865 g/mol. The third-order valence-corrected chi connectivity index (χ3v) is 14.5. The van der Waals surface area contributed by atoms with Crippen LogP contribution in [-0.4, -0.2) is 114 Å². The quantitative estimate of drug-likeness (QED) is 0.325. The van der Waals surface area contributed by atoms with Gasteiger partial charge in [0.05, 0.1) is 18.1 Å². The molecule has 3 N–H and O–H groups in total. The van der Waals surface area contributed by atoms with E-state index in [0.29, 0.717) is 63.8 Å². The van der Waals surface area contributed by atoms with E-state index in [1.807, 2.05) is 18.2 Å². The van der Waals surface area contributed by atoms with Gasteiger partial charge in [0.15, 0.2) is 5.01 Å². The zero-order valence-electron chi connectivity index (χ0n) is 32.7. The Labute approximate surface area is 343 Å². The Kier molecular flexibility index (Phi) is 11.5. The van der Waals surface area contributed by atoms with Crippen LogP contribution in [0, 0.1) is 17.8 Å². The second kappa shape index (κ2) is 16.0. The van der Waals surface area contributed by atoms with Crippen LogP contribution in [0.2, 0.25) is 0 Å². The lowest BCUT2D eigenvalue weighted by atomic mass is 9.93. The molecule has 5 amide bonds. The number of rotatable bonds is 8. The van der Waals surface area contributed by atoms with Crippen molar-refractivity contribution in [3.05, 3.63) is 46.8 Å². The number of hydrogen-bond acceptors (Lipinski definition) is 11. The van der Waals surface area contributed by atoms with Gasteiger partial charge in [-0.25, -0.2) is 18.2 Å². The summed E-state index contributed by atoms with van der Waals surface area (Å²) >= 11 is 1.15. The maximum atomic E-state index is 14.6. The summed E-state index contributed by atoms with van der Waals surface area (Å²) in [5.41, 5.74) is -3.16. The van der Waals surface area contributed by atoms with Crippen molar-refractivity contribution in [2.24, 2.45) is 17.8 Å². The van der Waals surface area contributed by atoms with Crippen LogP contribution in [0.3, 0.4) is 0 Å². The zero-order valence-corrected chi connectivity index (χ0v) is 34.4. The molecule has 320 valence electrons. The van der Waals surface area contributed by atoms with E-state index in [-0.39, 0.29) is 43.4 Å². The molecule has 1 aromatic carbocycles. The number of carbonyl (C=O) groups excluding carboxylic acids is 5. The van der Waals surface area contributed by atoms with Gasteiger partial charge in [0, 0.05) is 48.3 Å². The molecule has 6 atom stereocenters. The second-order valence-corrected chi connectivity index (χ2v) is 19.3. The van der Waals surface area contributed by atoms with Crippen LogP contribution in [-0.2, 0) is 29.1 Å². The van der Waals surface area contributed by atoms with E-state index >= 15 is 0 Å². The van der Waals surface area contributed by atoms with Crippen LogP contribution in [0.15, 0.2) is 41.8 Å². The fourth-order valence-electron chi connectivity index (χ4n) is 8.10. The number of ether oxygens (including phenoxy) is 2. The van der Waals surface area contributed by atoms with Crippen LogP contribution < -0.4 is 20.1 Å². The van der Waals surface area contributed by atoms with Gasteiger partial charge in [0.25, 0.3) is 11.8 Å². The van der Waals surface area contributed by atoms with E-state index in [1.165, 1.54) is 4.90 Å². The molecule has 5 aliphatic rings. The number of amides is 5. The van der Waals surface area contributed by atoms with Gasteiger partial charge in [-0.05, 0) is 76.6 Å². The molecule has 7 rings (SSSR count). The monoisotopic (exact) mass is 864 g/mol. The summed E-state index contributed by atoms with van der Waals surface area (Å²) in [5, 5.41) is 6.40. The average Bonchev–Trinajstić information content (AvgIpc) is 4.00. The highest BCUT2D eigenvalue weighted by molar-refractivity contribution is 7.91. The Morgan fingerprint density at radius 2 is 1.75 bits per heavy atom. The van der Waals surface area contributed by atoms with Crippen LogP contribution in [0.4, 0.5) is 18.0 Å². The molecule has 59 heavy (non-hydrogen) atoms. The van der Waals surface area contributed by atoms with Crippen molar-refractivity contribution >= 4 is 51.1 Å². The summed E-state index contributed by atoms with van der Waals surface area (Å²) < 4.78 is 78.8. The number of alkyl carbamates (subject to hydrolysis) is 1. The number of alkyl halides is 3. The number of sulfonamides is 1. The number of allylic oxidation sites excluding steroid dienone is 1. The van der Waals surface area contributed by atoms with Gasteiger partial charge in [-0.3, -0.25) is 23.9 Å². The van der Waals surface area contributed by atoms with Crippen molar-refractivity contribution < 1.29 is 55.0 Å². The van der Waals surface area contributed by atoms with Crippen LogP contribution >= 0.6 is 11.3 Å². The molecular formula is C39H47F3N6O9S2. The summed E-state index contributed by atoms with van der Waals surface area (Å²) in [6.45, 7) is 1.46. The molecule has 2 saturated carbocycles. The molecule has 0 bridgehead atoms. The molecule has 0 spiro atoms. The number of carbonyl (C=O) groups is 5. The number of likely N-dealkylation sites (tertiary alicyclic amines) is 1. The van der Waals surface area contributed by atoms with Crippen molar-refractivity contribution in [3.63, 3.8) is 0 Å². The molecule has 3 aliphatic heterocycles. The standard InChI is InChI=1S/C39H47F3N6O9S2/c1-37(2,39(40,41)42)57-36(53)44-28-10-8-6-4-5-7-9-24-17-38(24,35(52)46-59(54,55)26-15-16-26)45-31(49)30-27-20-47(18-23(27)19-48(30)33(28)50)34(51)32-43-29(21-58-32)22-11-13-25(56-3)14-12-22/h7,9,11-14,21,23-24,26-28,30H,4-6,8,10,15-20H2,1-3H3,(H,44,53)(H,45,49)(H,46,52)/b9-7-/t23-,24+,27-,28-,30-,38-/m0/s1. The molecule has 2 aliphatic carbocycles. The maximum Gasteiger partial charge on any atom is 0.427 e. The van der Waals surface area contributed by atoms with Gasteiger partial charge >= 0.3 is 12.3 Å². The lowest BCUT2D eigenvalue weighted by Gasteiger charge is -2.33. The van der Waals surface area contributed by atoms with E-state index in [2.05, 4.69) is 20.3 Å². The molecule has 4 heterocycles. The summed E-state index contributed by atoms with van der Waals surface area (Å²) in [6.07, 6.45) is 0.363. The first-order valence-electron chi connectivity index (χ1n) is 19.6. The first-order valence-corrected chi connectivity index (χ1v) is 22.1. The number of nitrogens with zero attached hydrogens (tertiary/aromatic N) is 3. The van der Waals surface area contributed by atoms with Gasteiger partial charge < -0.3 is 29.9 Å². The van der Waals surface area contributed by atoms with Crippen LogP contribution in [0.5, 0.6) is 5.75 Å². The highest BCUT2D eigenvalue weighted by Gasteiger charge is 2.63. The Hall–Kier alpha value is -4.72. The summed E-state index contributed by atoms with van der Waals surface area (Å²) in [6, 6.07) is 4.50. The molecule has 15 nitrogen and oxygen atoms in total. The molecular weight excluding hydrogens is 818 g/mol. The second-order valence-electron chi connectivity index (χ2n) is 16.4. The largest absolute Gasteiger partial charge is 0.497 e. The number of thiazole rings is 1. The van der Waals surface area contributed by atoms with E-state index in [9.17, 15) is 45.6 Å². The molecule has 0 radical (unpaired) electrons. The fraction of sp³-hybridized carbons (Fsp3) is 0.590. The van der Waals surface area contributed by atoms with Gasteiger partial charge in [0.1, 0.15) is 23.4 Å². The Bertz CT molecular complexity index is 2120. The smallest absolute Gasteiger partial charge is 0.427 e. The van der Waals surface area contributed by atoms with E-state index < -0.39 is 86.2 Å².